The minimum absolute atomic E-state index is 0.828. The van der Waals surface area contributed by atoms with E-state index in [0.29, 0.717) is 0 Å². The Kier molecular flexibility index (Phi) is 4.60. The topological polar surface area (TPSA) is 29.3 Å². The van der Waals surface area contributed by atoms with Crippen LogP contribution < -0.4 is 5.73 Å². The van der Waals surface area contributed by atoms with Crippen LogP contribution in [-0.2, 0) is 6.54 Å². The molecule has 2 N–H and O–H groups in total. The molecule has 1 aliphatic rings. The summed E-state index contributed by atoms with van der Waals surface area (Å²) >= 11 is 1.92. The van der Waals surface area contributed by atoms with Gasteiger partial charge in [0.15, 0.2) is 0 Å². The maximum Gasteiger partial charge on any atom is 0.0244 e. The number of hydrogen-bond acceptors (Lipinski definition) is 3. The zero-order valence-corrected chi connectivity index (χ0v) is 11.9. The van der Waals surface area contributed by atoms with E-state index in [2.05, 4.69) is 24.8 Å². The van der Waals surface area contributed by atoms with Gasteiger partial charge in [-0.05, 0) is 63.7 Å². The quantitative estimate of drug-likeness (QED) is 0.893. The monoisotopic (exact) mass is 252 g/mol. The van der Waals surface area contributed by atoms with E-state index in [1.54, 1.807) is 0 Å². The largest absolute Gasteiger partial charge is 0.330 e. The van der Waals surface area contributed by atoms with Gasteiger partial charge in [0.2, 0.25) is 0 Å². The van der Waals surface area contributed by atoms with Crippen molar-refractivity contribution in [1.82, 2.24) is 4.90 Å². The van der Waals surface area contributed by atoms with Crippen LogP contribution in [0.25, 0.3) is 0 Å². The highest BCUT2D eigenvalue weighted by Crippen LogP contribution is 2.25. The summed E-state index contributed by atoms with van der Waals surface area (Å²) in [6.45, 7) is 8.93. The molecule has 0 aromatic carbocycles. The summed E-state index contributed by atoms with van der Waals surface area (Å²) in [6, 6.07) is 2.35. The Balaban J connectivity index is 1.92. The molecule has 1 aromatic rings. The Morgan fingerprint density at radius 1 is 1.47 bits per heavy atom. The first-order valence-electron chi connectivity index (χ1n) is 6.67. The van der Waals surface area contributed by atoms with E-state index in [1.807, 2.05) is 11.3 Å². The molecule has 2 nitrogen and oxygen atoms in total. The standard InChI is InChI=1S/C14H24N2S/c1-11-8-14(12(2)17-11)10-16-7-3-4-13(9-16)5-6-15/h8,13H,3-7,9-10,15H2,1-2H3. The molecule has 2 heterocycles. The molecule has 0 saturated carbocycles. The van der Waals surface area contributed by atoms with E-state index >= 15 is 0 Å². The summed E-state index contributed by atoms with van der Waals surface area (Å²) in [4.78, 5) is 5.54. The number of likely N-dealkylation sites (tertiary alicyclic amines) is 1. The van der Waals surface area contributed by atoms with E-state index < -0.39 is 0 Å². The molecule has 1 atom stereocenters. The zero-order valence-electron chi connectivity index (χ0n) is 11.0. The number of aryl methyl sites for hydroxylation is 2. The van der Waals surface area contributed by atoms with Gasteiger partial charge in [0, 0.05) is 22.8 Å². The second-order valence-corrected chi connectivity index (χ2v) is 6.72. The Morgan fingerprint density at radius 3 is 2.94 bits per heavy atom. The third-order valence-electron chi connectivity index (χ3n) is 3.72. The first kappa shape index (κ1) is 13.1. The van der Waals surface area contributed by atoms with Gasteiger partial charge in [-0.1, -0.05) is 0 Å². The summed E-state index contributed by atoms with van der Waals surface area (Å²) in [5.74, 6) is 0.828. The predicted molar refractivity (Wildman–Crippen MR) is 75.5 cm³/mol. The second kappa shape index (κ2) is 5.98. The fraction of sp³-hybridized carbons (Fsp3) is 0.714. The number of piperidine rings is 1. The molecule has 1 aromatic heterocycles. The average molecular weight is 252 g/mol. The van der Waals surface area contributed by atoms with Crippen LogP contribution in [0, 0.1) is 19.8 Å². The van der Waals surface area contributed by atoms with Crippen molar-refractivity contribution in [1.29, 1.82) is 0 Å². The molecule has 17 heavy (non-hydrogen) atoms. The van der Waals surface area contributed by atoms with E-state index in [4.69, 9.17) is 5.73 Å². The lowest BCUT2D eigenvalue weighted by Crippen LogP contribution is -2.35. The van der Waals surface area contributed by atoms with Crippen LogP contribution in [0.2, 0.25) is 0 Å². The van der Waals surface area contributed by atoms with Gasteiger partial charge in [-0.2, -0.15) is 0 Å². The fourth-order valence-corrected chi connectivity index (χ4v) is 3.79. The number of thiophene rings is 1. The summed E-state index contributed by atoms with van der Waals surface area (Å²) in [6.07, 6.45) is 3.90. The molecular formula is C14H24N2S. The van der Waals surface area contributed by atoms with Gasteiger partial charge >= 0.3 is 0 Å². The van der Waals surface area contributed by atoms with Crippen LogP contribution >= 0.6 is 11.3 Å². The van der Waals surface area contributed by atoms with Gasteiger partial charge in [0.25, 0.3) is 0 Å². The molecular weight excluding hydrogens is 228 g/mol. The maximum atomic E-state index is 5.67. The Bertz CT molecular complexity index is 357. The van der Waals surface area contributed by atoms with Gasteiger partial charge in [0.1, 0.15) is 0 Å². The summed E-state index contributed by atoms with van der Waals surface area (Å²) < 4.78 is 0. The van der Waals surface area contributed by atoms with Crippen molar-refractivity contribution in [2.75, 3.05) is 19.6 Å². The van der Waals surface area contributed by atoms with Crippen molar-refractivity contribution < 1.29 is 0 Å². The summed E-state index contributed by atoms with van der Waals surface area (Å²) in [7, 11) is 0. The molecule has 0 amide bonds. The predicted octanol–water partition coefficient (Wildman–Crippen LogP) is 2.93. The summed E-state index contributed by atoms with van der Waals surface area (Å²) in [5, 5.41) is 0. The van der Waals surface area contributed by atoms with Gasteiger partial charge in [-0.25, -0.2) is 0 Å². The molecule has 1 fully saturated rings. The number of hydrogen-bond donors (Lipinski definition) is 1. The Labute approximate surface area is 109 Å². The number of rotatable bonds is 4. The molecule has 96 valence electrons. The van der Waals surface area contributed by atoms with E-state index in [-0.39, 0.29) is 0 Å². The van der Waals surface area contributed by atoms with Crippen molar-refractivity contribution >= 4 is 11.3 Å². The molecule has 1 aliphatic heterocycles. The van der Waals surface area contributed by atoms with Crippen molar-refractivity contribution in [3.63, 3.8) is 0 Å². The van der Waals surface area contributed by atoms with Gasteiger partial charge in [0.05, 0.1) is 0 Å². The molecule has 0 aliphatic carbocycles. The van der Waals surface area contributed by atoms with Crippen LogP contribution in [0.15, 0.2) is 6.07 Å². The zero-order chi connectivity index (χ0) is 12.3. The Morgan fingerprint density at radius 2 is 2.29 bits per heavy atom. The van der Waals surface area contributed by atoms with Gasteiger partial charge in [-0.15, -0.1) is 11.3 Å². The SMILES string of the molecule is Cc1cc(CN2CCCC(CCN)C2)c(C)s1. The van der Waals surface area contributed by atoms with E-state index in [0.717, 1.165) is 19.0 Å². The molecule has 1 unspecified atom stereocenters. The van der Waals surface area contributed by atoms with Crippen molar-refractivity contribution in [3.8, 4) is 0 Å². The minimum atomic E-state index is 0.828. The third-order valence-corrected chi connectivity index (χ3v) is 4.72. The molecule has 0 radical (unpaired) electrons. The van der Waals surface area contributed by atoms with Crippen molar-refractivity contribution in [3.05, 3.63) is 21.4 Å². The lowest BCUT2D eigenvalue weighted by Gasteiger charge is -2.32. The average Bonchev–Trinajstić information content (AvgIpc) is 2.58. The Hall–Kier alpha value is -0.380. The molecule has 1 saturated heterocycles. The number of nitrogens with two attached hydrogens (primary N) is 1. The van der Waals surface area contributed by atoms with E-state index in [1.165, 1.54) is 47.7 Å². The highest BCUT2D eigenvalue weighted by atomic mass is 32.1. The minimum Gasteiger partial charge on any atom is -0.330 e. The van der Waals surface area contributed by atoms with Gasteiger partial charge in [-0.3, -0.25) is 4.90 Å². The van der Waals surface area contributed by atoms with Crippen LogP contribution in [0.5, 0.6) is 0 Å². The van der Waals surface area contributed by atoms with Gasteiger partial charge < -0.3 is 5.73 Å². The van der Waals surface area contributed by atoms with Crippen LogP contribution in [0.3, 0.4) is 0 Å². The molecule has 0 bridgehead atoms. The first-order valence-corrected chi connectivity index (χ1v) is 7.49. The first-order chi connectivity index (χ1) is 8.19. The smallest absolute Gasteiger partial charge is 0.0244 e. The highest BCUT2D eigenvalue weighted by Gasteiger charge is 2.20. The van der Waals surface area contributed by atoms with Crippen LogP contribution in [0.1, 0.15) is 34.6 Å². The molecule has 2 rings (SSSR count). The van der Waals surface area contributed by atoms with Crippen molar-refractivity contribution in [2.24, 2.45) is 11.7 Å². The molecule has 3 heteroatoms. The lowest BCUT2D eigenvalue weighted by atomic mass is 9.94. The summed E-state index contributed by atoms with van der Waals surface area (Å²) in [5.41, 5.74) is 7.20. The van der Waals surface area contributed by atoms with Crippen LogP contribution in [0.4, 0.5) is 0 Å². The molecule has 0 spiro atoms. The second-order valence-electron chi connectivity index (χ2n) is 5.26. The fourth-order valence-electron chi connectivity index (χ4n) is 2.85. The third kappa shape index (κ3) is 3.54. The number of nitrogens with zero attached hydrogens (tertiary/aromatic N) is 1. The lowest BCUT2D eigenvalue weighted by molar-refractivity contribution is 0.163. The van der Waals surface area contributed by atoms with Crippen molar-refractivity contribution in [2.45, 2.75) is 39.7 Å². The van der Waals surface area contributed by atoms with Crippen LogP contribution in [-0.4, -0.2) is 24.5 Å². The maximum absolute atomic E-state index is 5.67. The highest BCUT2D eigenvalue weighted by molar-refractivity contribution is 7.12. The normalized spacial score (nSPS) is 21.9. The van der Waals surface area contributed by atoms with E-state index in [9.17, 15) is 0 Å².